The highest BCUT2D eigenvalue weighted by atomic mass is 32.2. The molecule has 7 heteroatoms. The third kappa shape index (κ3) is 3.74. The molecule has 1 N–H and O–H groups in total. The van der Waals surface area contributed by atoms with E-state index in [-0.39, 0.29) is 4.88 Å². The van der Waals surface area contributed by atoms with Crippen molar-refractivity contribution >= 4 is 39.2 Å². The highest BCUT2D eigenvalue weighted by Crippen LogP contribution is 2.44. The van der Waals surface area contributed by atoms with Crippen LogP contribution in [0, 0.1) is 0 Å². The maximum atomic E-state index is 11.7. The van der Waals surface area contributed by atoms with E-state index in [1.54, 1.807) is 13.4 Å². The minimum Gasteiger partial charge on any atom is -0.497 e. The van der Waals surface area contributed by atoms with Crippen molar-refractivity contribution in [2.24, 2.45) is 0 Å². The second-order valence-corrected chi connectivity index (χ2v) is 7.91. The highest BCUT2D eigenvalue weighted by Gasteiger charge is 2.25. The van der Waals surface area contributed by atoms with E-state index in [0.717, 1.165) is 15.6 Å². The molecule has 3 aromatic rings. The molecule has 2 heterocycles. The van der Waals surface area contributed by atoms with Gasteiger partial charge in [0.1, 0.15) is 16.9 Å². The van der Waals surface area contributed by atoms with Gasteiger partial charge in [-0.05, 0) is 35.5 Å². The first kappa shape index (κ1) is 17.8. The number of methoxy groups -OCH3 is 1. The van der Waals surface area contributed by atoms with Crippen LogP contribution >= 0.6 is 23.1 Å². The molecule has 1 aromatic heterocycles. The molecule has 2 aromatic carbocycles. The lowest BCUT2D eigenvalue weighted by atomic mass is 10.1. The molecule has 1 aliphatic heterocycles. The Hall–Kier alpha value is -2.64. The van der Waals surface area contributed by atoms with Gasteiger partial charge in [0, 0.05) is 21.4 Å². The van der Waals surface area contributed by atoms with Gasteiger partial charge in [-0.15, -0.1) is 11.3 Å². The first-order valence-electron chi connectivity index (χ1n) is 8.22. The zero-order chi connectivity index (χ0) is 18.8. The van der Waals surface area contributed by atoms with Crippen LogP contribution in [0.5, 0.6) is 5.75 Å². The molecule has 0 amide bonds. The number of thioether (sulfide) groups is 1. The van der Waals surface area contributed by atoms with Gasteiger partial charge < -0.3 is 19.3 Å². The van der Waals surface area contributed by atoms with Crippen LogP contribution in [0.25, 0.3) is 10.1 Å². The number of hydrogen-bond donors (Lipinski definition) is 1. The minimum absolute atomic E-state index is 0.277. The van der Waals surface area contributed by atoms with E-state index in [1.807, 2.05) is 48.5 Å². The monoisotopic (exact) mass is 400 g/mol. The normalized spacial score (nSPS) is 15.9. The summed E-state index contributed by atoms with van der Waals surface area (Å²) in [5.41, 5.74) is 1.11. The Balaban J connectivity index is 1.56. The zero-order valence-electron chi connectivity index (χ0n) is 14.4. The first-order valence-corrected chi connectivity index (χ1v) is 9.85. The predicted octanol–water partition coefficient (Wildman–Crippen LogP) is 5.11. The van der Waals surface area contributed by atoms with Crippen LogP contribution in [-0.2, 0) is 15.9 Å². The molecule has 0 fully saturated rings. The number of thiophene rings is 1. The number of carbonyl (C=O) groups is 1. The first-order chi connectivity index (χ1) is 13.1. The van der Waals surface area contributed by atoms with E-state index in [4.69, 9.17) is 14.2 Å². The smallest absolute Gasteiger partial charge is 0.347 e. The number of benzene rings is 2. The third-order valence-electron chi connectivity index (χ3n) is 4.06. The van der Waals surface area contributed by atoms with Crippen molar-refractivity contribution in [3.63, 3.8) is 0 Å². The molecule has 0 saturated heterocycles. The summed E-state index contributed by atoms with van der Waals surface area (Å²) >= 11 is 2.50. The van der Waals surface area contributed by atoms with Crippen molar-refractivity contribution < 1.29 is 24.1 Å². The van der Waals surface area contributed by atoms with Crippen LogP contribution in [0.15, 0.2) is 64.8 Å². The van der Waals surface area contributed by atoms with Crippen molar-refractivity contribution in [2.45, 2.75) is 17.6 Å². The van der Waals surface area contributed by atoms with Crippen molar-refractivity contribution in [3.8, 4) is 5.75 Å². The van der Waals surface area contributed by atoms with Gasteiger partial charge in [0.2, 0.25) is 6.29 Å². The fourth-order valence-corrected chi connectivity index (χ4v) is 4.94. The van der Waals surface area contributed by atoms with E-state index in [9.17, 15) is 9.90 Å². The van der Waals surface area contributed by atoms with Gasteiger partial charge in [-0.3, -0.25) is 0 Å². The topological polar surface area (TPSA) is 65.0 Å². The Kier molecular flexibility index (Phi) is 4.96. The van der Waals surface area contributed by atoms with Gasteiger partial charge in [-0.1, -0.05) is 30.3 Å². The van der Waals surface area contributed by atoms with Crippen LogP contribution < -0.4 is 4.74 Å². The number of carboxylic acid groups (broad SMARTS) is 1. The fraction of sp³-hybridized carbons (Fsp3) is 0.150. The Morgan fingerprint density at radius 3 is 2.81 bits per heavy atom. The largest absolute Gasteiger partial charge is 0.497 e. The molecule has 0 radical (unpaired) electrons. The number of carboxylic acids is 1. The highest BCUT2D eigenvalue weighted by molar-refractivity contribution is 8.03. The molecular weight excluding hydrogens is 384 g/mol. The van der Waals surface area contributed by atoms with Gasteiger partial charge in [0.05, 0.1) is 7.11 Å². The second-order valence-electron chi connectivity index (χ2n) is 5.84. The summed E-state index contributed by atoms with van der Waals surface area (Å²) in [5.74, 6) is -0.281. The fourth-order valence-electron chi connectivity index (χ4n) is 2.78. The summed E-state index contributed by atoms with van der Waals surface area (Å²) in [4.78, 5) is 12.6. The molecule has 0 spiro atoms. The van der Waals surface area contributed by atoms with Gasteiger partial charge in [0.15, 0.2) is 5.09 Å². The number of aromatic carboxylic acids is 1. The summed E-state index contributed by atoms with van der Waals surface area (Å²) in [7, 11) is 1.59. The Morgan fingerprint density at radius 1 is 1.26 bits per heavy atom. The van der Waals surface area contributed by atoms with Gasteiger partial charge in [-0.25, -0.2) is 4.79 Å². The Morgan fingerprint density at radius 2 is 2.07 bits per heavy atom. The molecular formula is C20H16O5S2. The maximum absolute atomic E-state index is 11.7. The predicted molar refractivity (Wildman–Crippen MR) is 105 cm³/mol. The summed E-state index contributed by atoms with van der Waals surface area (Å²) in [6, 6.07) is 15.5. The molecule has 1 unspecified atom stereocenters. The van der Waals surface area contributed by atoms with Gasteiger partial charge >= 0.3 is 5.97 Å². The summed E-state index contributed by atoms with van der Waals surface area (Å²) in [6.07, 6.45) is 1.75. The SMILES string of the molecule is COc1ccc2sc(C(=O)O)c(SC3=COC(Cc4ccccc4)O3)c2c1. The molecule has 1 atom stereocenters. The molecule has 27 heavy (non-hydrogen) atoms. The summed E-state index contributed by atoms with van der Waals surface area (Å²) < 4.78 is 17.6. The Labute approximate surface area is 164 Å². The number of ether oxygens (including phenoxy) is 3. The minimum atomic E-state index is -0.960. The van der Waals surface area contributed by atoms with Crippen molar-refractivity contribution in [3.05, 3.63) is 70.3 Å². The van der Waals surface area contributed by atoms with Crippen LogP contribution in [-0.4, -0.2) is 24.5 Å². The van der Waals surface area contributed by atoms with Crippen LogP contribution in [0.2, 0.25) is 0 Å². The quantitative estimate of drug-likeness (QED) is 0.620. The average Bonchev–Trinajstić information content (AvgIpc) is 3.27. The van der Waals surface area contributed by atoms with Gasteiger partial charge in [0.25, 0.3) is 0 Å². The molecule has 0 bridgehead atoms. The van der Waals surface area contributed by atoms with Gasteiger partial charge in [-0.2, -0.15) is 0 Å². The number of fused-ring (bicyclic) bond motifs is 1. The van der Waals surface area contributed by atoms with Crippen LogP contribution in [0.4, 0.5) is 0 Å². The van der Waals surface area contributed by atoms with Crippen LogP contribution in [0.1, 0.15) is 15.2 Å². The van der Waals surface area contributed by atoms with E-state index in [0.29, 0.717) is 22.2 Å². The third-order valence-corrected chi connectivity index (χ3v) is 6.37. The summed E-state index contributed by atoms with van der Waals surface area (Å²) in [5, 5.41) is 11.0. The molecule has 138 valence electrons. The molecule has 0 aliphatic carbocycles. The molecule has 1 aliphatic rings. The lowest BCUT2D eigenvalue weighted by molar-refractivity contribution is -0.0235. The van der Waals surface area contributed by atoms with E-state index < -0.39 is 12.3 Å². The second kappa shape index (κ2) is 7.54. The number of hydrogen-bond acceptors (Lipinski definition) is 6. The molecule has 4 rings (SSSR count). The van der Waals surface area contributed by atoms with E-state index in [1.165, 1.54) is 23.1 Å². The maximum Gasteiger partial charge on any atom is 0.347 e. The standard InChI is InChI=1S/C20H16O5S2/c1-23-13-7-8-15-14(10-13)18(19(26-15)20(21)22)27-17-11-24-16(25-17)9-12-5-3-2-4-6-12/h2-8,10-11,16H,9H2,1H3,(H,21,22). The molecule has 0 saturated carbocycles. The van der Waals surface area contributed by atoms with Crippen molar-refractivity contribution in [1.29, 1.82) is 0 Å². The van der Waals surface area contributed by atoms with E-state index >= 15 is 0 Å². The number of rotatable bonds is 6. The van der Waals surface area contributed by atoms with Crippen molar-refractivity contribution in [2.75, 3.05) is 7.11 Å². The summed E-state index contributed by atoms with van der Waals surface area (Å²) in [6.45, 7) is 0. The van der Waals surface area contributed by atoms with Crippen LogP contribution in [0.3, 0.4) is 0 Å². The lowest BCUT2D eigenvalue weighted by Gasteiger charge is -2.11. The van der Waals surface area contributed by atoms with Crippen molar-refractivity contribution in [1.82, 2.24) is 0 Å². The molecule has 5 nitrogen and oxygen atoms in total. The average molecular weight is 400 g/mol. The zero-order valence-corrected chi connectivity index (χ0v) is 16.0. The lowest BCUT2D eigenvalue weighted by Crippen LogP contribution is -2.11. The van der Waals surface area contributed by atoms with E-state index in [2.05, 4.69) is 0 Å². The Bertz CT molecular complexity index is 1010.